The first kappa shape index (κ1) is 22.5. The zero-order valence-corrected chi connectivity index (χ0v) is 17.1. The van der Waals surface area contributed by atoms with Gasteiger partial charge in [0.1, 0.15) is 22.9 Å². The van der Waals surface area contributed by atoms with Crippen LogP contribution in [-0.4, -0.2) is 40.7 Å². The van der Waals surface area contributed by atoms with Crippen LogP contribution in [0.15, 0.2) is 41.5 Å². The monoisotopic (exact) mass is 472 g/mol. The summed E-state index contributed by atoms with van der Waals surface area (Å²) < 4.78 is 72.7. The molecule has 1 fully saturated rings. The molecule has 0 spiro atoms. The number of amides is 1. The van der Waals surface area contributed by atoms with Crippen LogP contribution in [0.3, 0.4) is 0 Å². The van der Waals surface area contributed by atoms with Crippen LogP contribution in [0.25, 0.3) is 0 Å². The fourth-order valence-electron chi connectivity index (χ4n) is 3.84. The predicted octanol–water partition coefficient (Wildman–Crippen LogP) is 3.84. The Bertz CT molecular complexity index is 1060. The van der Waals surface area contributed by atoms with Gasteiger partial charge in [0.2, 0.25) is 0 Å². The molecule has 6 nitrogen and oxygen atoms in total. The molecule has 0 radical (unpaired) electrons. The largest absolute Gasteiger partial charge is 0.414 e. The van der Waals surface area contributed by atoms with Gasteiger partial charge < -0.3 is 15.8 Å². The number of hydrogen-bond acceptors (Lipinski definition) is 6. The second kappa shape index (κ2) is 8.32. The summed E-state index contributed by atoms with van der Waals surface area (Å²) in [4.78, 5) is 20.4. The molecular formula is C20H17F5N4O2S. The van der Waals surface area contributed by atoms with Crippen molar-refractivity contribution in [2.45, 2.75) is 24.2 Å². The third-order valence-electron chi connectivity index (χ3n) is 5.44. The molecule has 3 N–H and O–H groups in total. The molecule has 0 bridgehead atoms. The number of fused-ring (bicyclic) bond motifs is 1. The number of nitrogens with zero attached hydrogens (tertiary/aromatic N) is 2. The Balaban J connectivity index is 1.67. The van der Waals surface area contributed by atoms with E-state index >= 15 is 0 Å². The van der Waals surface area contributed by atoms with E-state index in [1.54, 1.807) is 0 Å². The maximum atomic E-state index is 14.9. The smallest absolute Gasteiger partial charge is 0.379 e. The van der Waals surface area contributed by atoms with Gasteiger partial charge >= 0.3 is 6.18 Å². The molecule has 1 saturated heterocycles. The van der Waals surface area contributed by atoms with Gasteiger partial charge in [-0.15, -0.1) is 0 Å². The van der Waals surface area contributed by atoms with E-state index in [0.29, 0.717) is 0 Å². The Labute approximate surface area is 183 Å². The Hall–Kier alpha value is -2.73. The van der Waals surface area contributed by atoms with E-state index in [9.17, 15) is 26.7 Å². The number of carbonyl (C=O) groups is 1. The van der Waals surface area contributed by atoms with E-state index in [1.807, 2.05) is 0 Å². The number of nitrogens with two attached hydrogens (primary N) is 1. The minimum absolute atomic E-state index is 0.0313. The van der Waals surface area contributed by atoms with Gasteiger partial charge in [0, 0.05) is 22.9 Å². The van der Waals surface area contributed by atoms with Crippen molar-refractivity contribution in [2.24, 2.45) is 16.6 Å². The lowest BCUT2D eigenvalue weighted by molar-refractivity contribution is -0.245. The highest BCUT2D eigenvalue weighted by atomic mass is 32.2. The minimum Gasteiger partial charge on any atom is -0.379 e. The standard InChI is InChI=1S/C20H17F5N4O2S/c21-11-1-4-15(27-7-11)17(30)28-12-2-3-14(22)13(6-12)19-9-31-16(20(23,24)25)5-10(19)8-32-18(26)29-19/h1-4,6-7,10,16H,5,8-9H2,(H2,26,29)(H,28,30). The van der Waals surface area contributed by atoms with E-state index < -0.39 is 54.3 Å². The highest BCUT2D eigenvalue weighted by molar-refractivity contribution is 8.13. The van der Waals surface area contributed by atoms with Crippen molar-refractivity contribution in [2.75, 3.05) is 17.7 Å². The summed E-state index contributed by atoms with van der Waals surface area (Å²) >= 11 is 1.10. The molecule has 0 saturated carbocycles. The van der Waals surface area contributed by atoms with Gasteiger partial charge in [-0.25, -0.2) is 18.8 Å². The van der Waals surface area contributed by atoms with Crippen molar-refractivity contribution < 1.29 is 31.5 Å². The number of benzene rings is 1. The molecule has 2 aromatic rings. The molecule has 2 aliphatic heterocycles. The lowest BCUT2D eigenvalue weighted by Crippen LogP contribution is -2.53. The molecule has 1 amide bonds. The van der Waals surface area contributed by atoms with Crippen LogP contribution in [0.4, 0.5) is 27.6 Å². The number of halogens is 5. The van der Waals surface area contributed by atoms with E-state index in [0.717, 1.165) is 30.1 Å². The molecule has 170 valence electrons. The predicted molar refractivity (Wildman–Crippen MR) is 108 cm³/mol. The summed E-state index contributed by atoms with van der Waals surface area (Å²) in [5.41, 5.74) is 4.44. The van der Waals surface area contributed by atoms with Crippen molar-refractivity contribution in [1.82, 2.24) is 4.98 Å². The summed E-state index contributed by atoms with van der Waals surface area (Å²) in [7, 11) is 0. The van der Waals surface area contributed by atoms with Crippen LogP contribution in [0.2, 0.25) is 0 Å². The number of carbonyl (C=O) groups excluding carboxylic acids is 1. The number of aromatic nitrogens is 1. The zero-order chi connectivity index (χ0) is 23.1. The molecule has 3 atom stereocenters. The van der Waals surface area contributed by atoms with E-state index in [2.05, 4.69) is 15.3 Å². The lowest BCUT2D eigenvalue weighted by atomic mass is 9.74. The highest BCUT2D eigenvalue weighted by Gasteiger charge is 2.55. The maximum Gasteiger partial charge on any atom is 0.414 e. The zero-order valence-electron chi connectivity index (χ0n) is 16.3. The first-order valence-corrected chi connectivity index (χ1v) is 10.5. The van der Waals surface area contributed by atoms with Crippen LogP contribution < -0.4 is 11.1 Å². The number of pyridine rings is 1. The minimum atomic E-state index is -4.56. The quantitative estimate of drug-likeness (QED) is 0.663. The Morgan fingerprint density at radius 3 is 2.72 bits per heavy atom. The number of ether oxygens (including phenoxy) is 1. The van der Waals surface area contributed by atoms with Crippen molar-refractivity contribution in [1.29, 1.82) is 0 Å². The van der Waals surface area contributed by atoms with Crippen LogP contribution in [0.1, 0.15) is 22.5 Å². The summed E-state index contributed by atoms with van der Waals surface area (Å²) in [6, 6.07) is 5.92. The fraction of sp³-hybridized carbons (Fsp3) is 0.350. The summed E-state index contributed by atoms with van der Waals surface area (Å²) in [5, 5.41) is 2.64. The van der Waals surface area contributed by atoms with Crippen LogP contribution >= 0.6 is 11.8 Å². The number of anilines is 1. The average molecular weight is 472 g/mol. The van der Waals surface area contributed by atoms with E-state index in [-0.39, 0.29) is 27.9 Å². The molecule has 3 unspecified atom stereocenters. The fourth-order valence-corrected chi connectivity index (χ4v) is 4.85. The number of aliphatic imine (C=N–C) groups is 1. The molecule has 1 aromatic carbocycles. The van der Waals surface area contributed by atoms with Gasteiger partial charge in [-0.3, -0.25) is 4.79 Å². The third kappa shape index (κ3) is 4.29. The Morgan fingerprint density at radius 2 is 2.03 bits per heavy atom. The summed E-state index contributed by atoms with van der Waals surface area (Å²) in [6.45, 7) is -0.517. The SMILES string of the molecule is NC1=NC2(c3cc(NC(=O)c4ccc(F)cn4)ccc3F)COC(C(F)(F)F)CC2CS1. The summed E-state index contributed by atoms with van der Waals surface area (Å²) in [5.74, 6) is -2.49. The van der Waals surface area contributed by atoms with Gasteiger partial charge in [-0.05, 0) is 36.8 Å². The Kier molecular flexibility index (Phi) is 5.84. The number of hydrogen-bond donors (Lipinski definition) is 2. The van der Waals surface area contributed by atoms with Gasteiger partial charge in [-0.1, -0.05) is 11.8 Å². The van der Waals surface area contributed by atoms with E-state index in [1.165, 1.54) is 18.2 Å². The molecule has 0 aliphatic carbocycles. The molecule has 32 heavy (non-hydrogen) atoms. The van der Waals surface area contributed by atoms with Crippen molar-refractivity contribution in [3.63, 3.8) is 0 Å². The third-order valence-corrected chi connectivity index (χ3v) is 6.39. The number of thioether (sulfide) groups is 1. The molecule has 1 aromatic heterocycles. The lowest BCUT2D eigenvalue weighted by Gasteiger charge is -2.46. The highest BCUT2D eigenvalue weighted by Crippen LogP contribution is 2.49. The molecule has 2 aliphatic rings. The van der Waals surface area contributed by atoms with E-state index in [4.69, 9.17) is 10.5 Å². The van der Waals surface area contributed by atoms with Crippen molar-refractivity contribution >= 4 is 28.5 Å². The number of nitrogens with one attached hydrogen (secondary N) is 1. The normalized spacial score (nSPS) is 25.6. The van der Waals surface area contributed by atoms with Gasteiger partial charge in [0.05, 0.1) is 12.8 Å². The second-order valence-electron chi connectivity index (χ2n) is 7.47. The first-order chi connectivity index (χ1) is 15.1. The number of alkyl halides is 3. The Morgan fingerprint density at radius 1 is 1.25 bits per heavy atom. The average Bonchev–Trinajstić information content (AvgIpc) is 2.74. The van der Waals surface area contributed by atoms with Crippen LogP contribution in [-0.2, 0) is 10.3 Å². The first-order valence-electron chi connectivity index (χ1n) is 9.48. The van der Waals surface area contributed by atoms with Crippen molar-refractivity contribution in [3.8, 4) is 0 Å². The van der Waals surface area contributed by atoms with Gasteiger partial charge in [-0.2, -0.15) is 13.2 Å². The van der Waals surface area contributed by atoms with Crippen molar-refractivity contribution in [3.05, 3.63) is 59.4 Å². The topological polar surface area (TPSA) is 89.6 Å². The molecule has 4 rings (SSSR count). The maximum absolute atomic E-state index is 14.9. The van der Waals surface area contributed by atoms with Gasteiger partial charge in [0.25, 0.3) is 5.91 Å². The van der Waals surface area contributed by atoms with Crippen LogP contribution in [0.5, 0.6) is 0 Å². The van der Waals surface area contributed by atoms with Crippen LogP contribution in [0, 0.1) is 17.6 Å². The number of amidine groups is 1. The molecule has 12 heteroatoms. The van der Waals surface area contributed by atoms with Gasteiger partial charge in [0.15, 0.2) is 11.3 Å². The molecule has 3 heterocycles. The molecular weight excluding hydrogens is 455 g/mol. The number of rotatable bonds is 3. The summed E-state index contributed by atoms with van der Waals surface area (Å²) in [6.07, 6.45) is -6.06. The second-order valence-corrected chi connectivity index (χ2v) is 8.51.